The quantitative estimate of drug-likeness (QED) is 0.768. The van der Waals surface area contributed by atoms with Crippen LogP contribution in [0, 0.1) is 6.07 Å². The van der Waals surface area contributed by atoms with Gasteiger partial charge in [0.1, 0.15) is 0 Å². The molecule has 0 fully saturated rings. The normalized spacial score (nSPS) is 10.6. The van der Waals surface area contributed by atoms with Crippen LogP contribution in [0.2, 0.25) is 0 Å². The first-order valence-electron chi connectivity index (χ1n) is 7.40. The third-order valence-corrected chi connectivity index (χ3v) is 3.84. The van der Waals surface area contributed by atoms with Gasteiger partial charge in [-0.1, -0.05) is 60.7 Å². The summed E-state index contributed by atoms with van der Waals surface area (Å²) in [6.07, 6.45) is 0. The highest BCUT2D eigenvalue weighted by Gasteiger charge is 2.01. The molecule has 22 heavy (non-hydrogen) atoms. The van der Waals surface area contributed by atoms with E-state index < -0.39 is 0 Å². The summed E-state index contributed by atoms with van der Waals surface area (Å²) in [5, 5.41) is 0. The average Bonchev–Trinajstić information content (AvgIpc) is 2.62. The Bertz CT molecular complexity index is 660. The molecular formula is C20H19N2. The Morgan fingerprint density at radius 1 is 0.591 bits per heavy atom. The molecule has 0 aliphatic heterocycles. The summed E-state index contributed by atoms with van der Waals surface area (Å²) >= 11 is 0. The van der Waals surface area contributed by atoms with Crippen LogP contribution < -0.4 is 11.5 Å². The highest BCUT2D eigenvalue weighted by molar-refractivity contribution is 5.70. The fraction of sp³-hybridized carbons (Fsp3) is 0.100. The molecule has 0 aliphatic rings. The van der Waals surface area contributed by atoms with E-state index in [1.54, 1.807) is 0 Å². The minimum absolute atomic E-state index is 0.571. The number of hydrogen-bond donors (Lipinski definition) is 2. The van der Waals surface area contributed by atoms with E-state index in [4.69, 9.17) is 11.5 Å². The zero-order valence-corrected chi connectivity index (χ0v) is 12.4. The average molecular weight is 287 g/mol. The van der Waals surface area contributed by atoms with Gasteiger partial charge in [-0.15, -0.1) is 0 Å². The van der Waals surface area contributed by atoms with Gasteiger partial charge in [-0.25, -0.2) is 0 Å². The fourth-order valence-electron chi connectivity index (χ4n) is 2.44. The Morgan fingerprint density at radius 3 is 1.55 bits per heavy atom. The van der Waals surface area contributed by atoms with Crippen molar-refractivity contribution in [1.29, 1.82) is 0 Å². The lowest BCUT2D eigenvalue weighted by Gasteiger charge is -2.06. The van der Waals surface area contributed by atoms with Crippen LogP contribution in [0.5, 0.6) is 0 Å². The fourth-order valence-corrected chi connectivity index (χ4v) is 2.44. The van der Waals surface area contributed by atoms with Crippen molar-refractivity contribution in [2.45, 2.75) is 13.1 Å². The Hall–Kier alpha value is -2.42. The zero-order chi connectivity index (χ0) is 15.4. The second kappa shape index (κ2) is 6.56. The van der Waals surface area contributed by atoms with Gasteiger partial charge in [-0.2, -0.15) is 0 Å². The van der Waals surface area contributed by atoms with Crippen LogP contribution >= 0.6 is 0 Å². The Kier molecular flexibility index (Phi) is 4.33. The summed E-state index contributed by atoms with van der Waals surface area (Å²) < 4.78 is 0. The molecule has 3 rings (SSSR count). The molecule has 0 atom stereocenters. The molecule has 4 N–H and O–H groups in total. The molecular weight excluding hydrogens is 268 g/mol. The van der Waals surface area contributed by atoms with Crippen LogP contribution in [-0.4, -0.2) is 0 Å². The van der Waals surface area contributed by atoms with Crippen LogP contribution in [0.15, 0.2) is 66.7 Å². The van der Waals surface area contributed by atoms with Gasteiger partial charge in [0.05, 0.1) is 0 Å². The molecule has 0 heterocycles. The van der Waals surface area contributed by atoms with Crippen molar-refractivity contribution < 1.29 is 0 Å². The van der Waals surface area contributed by atoms with Crippen molar-refractivity contribution in [2.24, 2.45) is 11.5 Å². The SMILES string of the molecule is NCc1ccc(-c2[c]cc(-c3ccc(CN)cc3)cc2)cc1. The molecule has 0 aromatic heterocycles. The van der Waals surface area contributed by atoms with E-state index in [9.17, 15) is 0 Å². The number of hydrogen-bond acceptors (Lipinski definition) is 2. The highest BCUT2D eigenvalue weighted by atomic mass is 14.5. The molecule has 0 spiro atoms. The van der Waals surface area contributed by atoms with Crippen molar-refractivity contribution in [3.8, 4) is 22.3 Å². The standard InChI is InChI=1S/C20H19N2/c21-13-15-1-5-17(6-2-15)19-9-11-20(12-10-19)18-7-3-16(14-22)4-8-18/h1-11H,13-14,21-22H2. The zero-order valence-electron chi connectivity index (χ0n) is 12.4. The van der Waals surface area contributed by atoms with E-state index in [-0.39, 0.29) is 0 Å². The highest BCUT2D eigenvalue weighted by Crippen LogP contribution is 2.25. The summed E-state index contributed by atoms with van der Waals surface area (Å²) in [4.78, 5) is 0. The van der Waals surface area contributed by atoms with Gasteiger partial charge >= 0.3 is 0 Å². The first kappa shape index (κ1) is 14.5. The second-order valence-corrected chi connectivity index (χ2v) is 5.29. The first-order valence-corrected chi connectivity index (χ1v) is 7.40. The third kappa shape index (κ3) is 3.08. The Labute approximate surface area is 131 Å². The van der Waals surface area contributed by atoms with Gasteiger partial charge in [0.25, 0.3) is 0 Å². The largest absolute Gasteiger partial charge is 0.326 e. The number of benzene rings is 3. The van der Waals surface area contributed by atoms with E-state index in [0.717, 1.165) is 27.8 Å². The summed E-state index contributed by atoms with van der Waals surface area (Å²) in [5.74, 6) is 0. The third-order valence-electron chi connectivity index (χ3n) is 3.84. The molecule has 0 saturated heterocycles. The second-order valence-electron chi connectivity index (χ2n) is 5.29. The topological polar surface area (TPSA) is 52.0 Å². The molecule has 3 aromatic carbocycles. The van der Waals surface area contributed by atoms with Gasteiger partial charge in [-0.05, 0) is 45.5 Å². The molecule has 2 heteroatoms. The first-order chi connectivity index (χ1) is 10.8. The van der Waals surface area contributed by atoms with Crippen LogP contribution in [0.3, 0.4) is 0 Å². The lowest BCUT2D eigenvalue weighted by Crippen LogP contribution is -1.95. The van der Waals surface area contributed by atoms with Crippen molar-refractivity contribution in [1.82, 2.24) is 0 Å². The predicted molar refractivity (Wildman–Crippen MR) is 91.9 cm³/mol. The summed E-state index contributed by atoms with van der Waals surface area (Å²) in [7, 11) is 0. The Balaban J connectivity index is 1.84. The van der Waals surface area contributed by atoms with Crippen LogP contribution in [0.1, 0.15) is 11.1 Å². The number of rotatable bonds is 4. The molecule has 0 amide bonds. The lowest BCUT2D eigenvalue weighted by molar-refractivity contribution is 1.07. The maximum absolute atomic E-state index is 5.63. The summed E-state index contributed by atoms with van der Waals surface area (Å²) in [5.41, 5.74) is 18.1. The van der Waals surface area contributed by atoms with Gasteiger partial charge in [0, 0.05) is 13.1 Å². The summed E-state index contributed by atoms with van der Waals surface area (Å²) in [6.45, 7) is 1.14. The van der Waals surface area contributed by atoms with Gasteiger partial charge in [0.2, 0.25) is 0 Å². The smallest absolute Gasteiger partial charge is 0.0178 e. The lowest BCUT2D eigenvalue weighted by atomic mass is 9.99. The molecule has 0 aliphatic carbocycles. The maximum atomic E-state index is 5.63. The van der Waals surface area contributed by atoms with E-state index in [2.05, 4.69) is 66.7 Å². The molecule has 3 aromatic rings. The van der Waals surface area contributed by atoms with Gasteiger partial charge in [-0.3, -0.25) is 0 Å². The minimum atomic E-state index is 0.571. The van der Waals surface area contributed by atoms with E-state index in [1.807, 2.05) is 6.07 Å². The maximum Gasteiger partial charge on any atom is 0.0178 e. The minimum Gasteiger partial charge on any atom is -0.326 e. The van der Waals surface area contributed by atoms with Crippen LogP contribution in [0.25, 0.3) is 22.3 Å². The molecule has 0 saturated carbocycles. The van der Waals surface area contributed by atoms with E-state index in [0.29, 0.717) is 13.1 Å². The molecule has 0 bridgehead atoms. The van der Waals surface area contributed by atoms with E-state index >= 15 is 0 Å². The van der Waals surface area contributed by atoms with Crippen molar-refractivity contribution in [3.05, 3.63) is 83.9 Å². The van der Waals surface area contributed by atoms with Crippen molar-refractivity contribution in [3.63, 3.8) is 0 Å². The molecule has 1 radical (unpaired) electrons. The van der Waals surface area contributed by atoms with Crippen LogP contribution in [-0.2, 0) is 13.1 Å². The van der Waals surface area contributed by atoms with Crippen molar-refractivity contribution >= 4 is 0 Å². The predicted octanol–water partition coefficient (Wildman–Crippen LogP) is 3.74. The molecule has 2 nitrogen and oxygen atoms in total. The summed E-state index contributed by atoms with van der Waals surface area (Å²) in [6, 6.07) is 26.2. The van der Waals surface area contributed by atoms with Gasteiger partial charge < -0.3 is 11.5 Å². The molecule has 109 valence electrons. The van der Waals surface area contributed by atoms with E-state index in [1.165, 1.54) is 5.56 Å². The molecule has 0 unspecified atom stereocenters. The monoisotopic (exact) mass is 287 g/mol. The number of nitrogens with two attached hydrogens (primary N) is 2. The van der Waals surface area contributed by atoms with Gasteiger partial charge in [0.15, 0.2) is 0 Å². The Morgan fingerprint density at radius 2 is 1.09 bits per heavy atom. The van der Waals surface area contributed by atoms with Crippen molar-refractivity contribution in [2.75, 3.05) is 0 Å². The van der Waals surface area contributed by atoms with Crippen LogP contribution in [0.4, 0.5) is 0 Å².